The monoisotopic (exact) mass is 391 g/mol. The van der Waals surface area contributed by atoms with E-state index in [9.17, 15) is 17.6 Å². The Hall–Kier alpha value is -2.29. The van der Waals surface area contributed by atoms with Gasteiger partial charge in [0.1, 0.15) is 5.82 Å². The normalized spacial score (nSPS) is 15.7. The summed E-state index contributed by atoms with van der Waals surface area (Å²) in [5.41, 5.74) is 0.679. The van der Waals surface area contributed by atoms with Crippen LogP contribution in [-0.4, -0.2) is 63.4 Å². The van der Waals surface area contributed by atoms with Gasteiger partial charge in [0, 0.05) is 44.8 Å². The number of hydrogen-bond acceptors (Lipinski definition) is 4. The lowest BCUT2D eigenvalue weighted by atomic mass is 10.2. The van der Waals surface area contributed by atoms with Crippen molar-refractivity contribution in [3.8, 4) is 0 Å². The molecule has 1 heterocycles. The standard InChI is InChI=1S/C19H22FN3O3S/c20-17-6-8-18(9-7-17)27(25,26)21-10-11-22-12-14-23(15-13-22)19(24)16-4-2-1-3-5-16/h1-9,21H,10-15H2. The number of hydrogen-bond donors (Lipinski definition) is 1. The smallest absolute Gasteiger partial charge is 0.253 e. The molecule has 0 unspecified atom stereocenters. The minimum absolute atomic E-state index is 0.0206. The zero-order valence-corrected chi connectivity index (χ0v) is 15.7. The molecule has 144 valence electrons. The summed E-state index contributed by atoms with van der Waals surface area (Å²) >= 11 is 0. The second-order valence-electron chi connectivity index (χ2n) is 6.35. The largest absolute Gasteiger partial charge is 0.336 e. The number of rotatable bonds is 6. The fourth-order valence-corrected chi connectivity index (χ4v) is 3.99. The molecule has 0 aliphatic carbocycles. The van der Waals surface area contributed by atoms with Crippen LogP contribution in [0.15, 0.2) is 59.5 Å². The van der Waals surface area contributed by atoms with Crippen LogP contribution >= 0.6 is 0 Å². The molecule has 3 rings (SSSR count). The van der Waals surface area contributed by atoms with E-state index in [1.165, 1.54) is 12.1 Å². The topological polar surface area (TPSA) is 69.7 Å². The highest BCUT2D eigenvalue weighted by molar-refractivity contribution is 7.89. The van der Waals surface area contributed by atoms with Crippen LogP contribution in [0.4, 0.5) is 4.39 Å². The summed E-state index contributed by atoms with van der Waals surface area (Å²) in [4.78, 5) is 16.4. The lowest BCUT2D eigenvalue weighted by molar-refractivity contribution is 0.0640. The maximum Gasteiger partial charge on any atom is 0.253 e. The van der Waals surface area contributed by atoms with Crippen molar-refractivity contribution in [2.45, 2.75) is 4.90 Å². The fraction of sp³-hybridized carbons (Fsp3) is 0.316. The highest BCUT2D eigenvalue weighted by Gasteiger charge is 2.22. The third-order valence-corrected chi connectivity index (χ3v) is 6.00. The van der Waals surface area contributed by atoms with E-state index < -0.39 is 15.8 Å². The molecule has 1 aliphatic rings. The van der Waals surface area contributed by atoms with E-state index in [1.54, 1.807) is 12.1 Å². The van der Waals surface area contributed by atoms with E-state index >= 15 is 0 Å². The Labute approximate surface area is 158 Å². The van der Waals surface area contributed by atoms with Crippen molar-refractivity contribution in [1.29, 1.82) is 0 Å². The Bertz CT molecular complexity index is 865. The highest BCUT2D eigenvalue weighted by atomic mass is 32.2. The molecule has 0 saturated carbocycles. The van der Waals surface area contributed by atoms with Crippen LogP contribution in [0, 0.1) is 5.82 Å². The van der Waals surface area contributed by atoms with Crippen molar-refractivity contribution < 1.29 is 17.6 Å². The van der Waals surface area contributed by atoms with Gasteiger partial charge in [0.25, 0.3) is 5.91 Å². The quantitative estimate of drug-likeness (QED) is 0.812. The fourth-order valence-electron chi connectivity index (χ4n) is 2.97. The maximum atomic E-state index is 12.9. The predicted octanol–water partition coefficient (Wildman–Crippen LogP) is 1.56. The predicted molar refractivity (Wildman–Crippen MR) is 100 cm³/mol. The number of piperazine rings is 1. The van der Waals surface area contributed by atoms with Crippen molar-refractivity contribution in [2.24, 2.45) is 0 Å². The number of amides is 1. The minimum Gasteiger partial charge on any atom is -0.336 e. The van der Waals surface area contributed by atoms with Crippen LogP contribution in [0.25, 0.3) is 0 Å². The molecular weight excluding hydrogens is 369 g/mol. The summed E-state index contributed by atoms with van der Waals surface area (Å²) in [6.45, 7) is 3.41. The molecule has 1 amide bonds. The van der Waals surface area contributed by atoms with E-state index in [0.29, 0.717) is 38.3 Å². The summed E-state index contributed by atoms with van der Waals surface area (Å²) in [6, 6.07) is 13.9. The third kappa shape index (κ3) is 5.12. The second kappa shape index (κ2) is 8.60. The van der Waals surface area contributed by atoms with Crippen LogP contribution < -0.4 is 4.72 Å². The summed E-state index contributed by atoms with van der Waals surface area (Å²) in [5, 5.41) is 0. The Balaban J connectivity index is 1.44. The number of sulfonamides is 1. The molecule has 0 spiro atoms. The van der Waals surface area contributed by atoms with Gasteiger partial charge in [0.05, 0.1) is 4.90 Å². The summed E-state index contributed by atoms with van der Waals surface area (Å²) in [6.07, 6.45) is 0. The third-order valence-electron chi connectivity index (χ3n) is 4.52. The summed E-state index contributed by atoms with van der Waals surface area (Å²) < 4.78 is 39.8. The first-order valence-corrected chi connectivity index (χ1v) is 10.3. The lowest BCUT2D eigenvalue weighted by Gasteiger charge is -2.34. The molecule has 1 N–H and O–H groups in total. The first-order chi connectivity index (χ1) is 13.0. The molecule has 1 saturated heterocycles. The van der Waals surface area contributed by atoms with Crippen LogP contribution in [0.3, 0.4) is 0 Å². The average molecular weight is 391 g/mol. The first-order valence-electron chi connectivity index (χ1n) is 8.78. The van der Waals surface area contributed by atoms with E-state index in [-0.39, 0.29) is 17.3 Å². The average Bonchev–Trinajstić information content (AvgIpc) is 2.69. The molecule has 8 heteroatoms. The molecule has 1 fully saturated rings. The van der Waals surface area contributed by atoms with Gasteiger partial charge >= 0.3 is 0 Å². The molecule has 1 aliphatic heterocycles. The zero-order chi connectivity index (χ0) is 19.3. The van der Waals surface area contributed by atoms with Gasteiger partial charge in [-0.1, -0.05) is 18.2 Å². The Morgan fingerprint density at radius 2 is 1.59 bits per heavy atom. The van der Waals surface area contributed by atoms with Gasteiger partial charge in [-0.3, -0.25) is 9.69 Å². The maximum absolute atomic E-state index is 12.9. The van der Waals surface area contributed by atoms with Gasteiger partial charge in [-0.2, -0.15) is 0 Å². The van der Waals surface area contributed by atoms with Gasteiger partial charge in [0.15, 0.2) is 0 Å². The van der Waals surface area contributed by atoms with Crippen molar-refractivity contribution >= 4 is 15.9 Å². The molecule has 0 bridgehead atoms. The second-order valence-corrected chi connectivity index (χ2v) is 8.12. The number of halogens is 1. The molecule has 0 atom stereocenters. The summed E-state index contributed by atoms with van der Waals surface area (Å²) in [7, 11) is -3.65. The van der Waals surface area contributed by atoms with Gasteiger partial charge in [-0.25, -0.2) is 17.5 Å². The summed E-state index contributed by atoms with van der Waals surface area (Å²) in [5.74, 6) is -0.455. The number of benzene rings is 2. The highest BCUT2D eigenvalue weighted by Crippen LogP contribution is 2.10. The van der Waals surface area contributed by atoms with E-state index in [4.69, 9.17) is 0 Å². The molecule has 2 aromatic rings. The van der Waals surface area contributed by atoms with Crippen molar-refractivity contribution in [3.63, 3.8) is 0 Å². The Morgan fingerprint density at radius 3 is 2.22 bits per heavy atom. The number of nitrogens with one attached hydrogen (secondary N) is 1. The molecule has 6 nitrogen and oxygen atoms in total. The molecular formula is C19H22FN3O3S. The van der Waals surface area contributed by atoms with Crippen LogP contribution in [0.1, 0.15) is 10.4 Å². The molecule has 0 aromatic heterocycles. The number of carbonyl (C=O) groups excluding carboxylic acids is 1. The van der Waals surface area contributed by atoms with Crippen LogP contribution in [0.5, 0.6) is 0 Å². The van der Waals surface area contributed by atoms with E-state index in [0.717, 1.165) is 12.1 Å². The first kappa shape index (κ1) is 19.5. The van der Waals surface area contributed by atoms with E-state index in [2.05, 4.69) is 9.62 Å². The Morgan fingerprint density at radius 1 is 0.963 bits per heavy atom. The van der Waals surface area contributed by atoms with Crippen LogP contribution in [0.2, 0.25) is 0 Å². The number of carbonyl (C=O) groups is 1. The van der Waals surface area contributed by atoms with Gasteiger partial charge < -0.3 is 4.90 Å². The minimum atomic E-state index is -3.65. The lowest BCUT2D eigenvalue weighted by Crippen LogP contribution is -2.50. The van der Waals surface area contributed by atoms with E-state index in [1.807, 2.05) is 23.1 Å². The number of nitrogens with zero attached hydrogens (tertiary/aromatic N) is 2. The van der Waals surface area contributed by atoms with Crippen molar-refractivity contribution in [3.05, 3.63) is 66.0 Å². The molecule has 0 radical (unpaired) electrons. The zero-order valence-electron chi connectivity index (χ0n) is 14.8. The van der Waals surface area contributed by atoms with Crippen LogP contribution in [-0.2, 0) is 10.0 Å². The molecule has 27 heavy (non-hydrogen) atoms. The van der Waals surface area contributed by atoms with Gasteiger partial charge in [0.2, 0.25) is 10.0 Å². The van der Waals surface area contributed by atoms with Crippen molar-refractivity contribution in [1.82, 2.24) is 14.5 Å². The van der Waals surface area contributed by atoms with Gasteiger partial charge in [-0.15, -0.1) is 0 Å². The SMILES string of the molecule is O=C(c1ccccc1)N1CCN(CCNS(=O)(=O)c2ccc(F)cc2)CC1. The van der Waals surface area contributed by atoms with Gasteiger partial charge in [-0.05, 0) is 36.4 Å². The Kier molecular flexibility index (Phi) is 6.20. The van der Waals surface area contributed by atoms with Crippen molar-refractivity contribution in [2.75, 3.05) is 39.3 Å². The molecule has 2 aromatic carbocycles.